The van der Waals surface area contributed by atoms with Crippen molar-refractivity contribution in [3.05, 3.63) is 26.8 Å². The monoisotopic (exact) mass is 287 g/mol. The molecule has 1 aromatic heterocycles. The van der Waals surface area contributed by atoms with E-state index in [1.807, 2.05) is 0 Å². The first-order valence-electron chi connectivity index (χ1n) is 3.13. The summed E-state index contributed by atoms with van der Waals surface area (Å²) in [4.78, 5) is 3.11. The third-order valence-electron chi connectivity index (χ3n) is 1.34. The molecular formula is C7H5F3IN. The highest BCUT2D eigenvalue weighted by Crippen LogP contribution is 2.21. The number of hydrogen-bond donors (Lipinski definition) is 0. The van der Waals surface area contributed by atoms with Crippen molar-refractivity contribution in [3.63, 3.8) is 0 Å². The molecule has 0 aliphatic rings. The molecule has 0 bridgehead atoms. The highest BCUT2D eigenvalue weighted by molar-refractivity contribution is 14.1. The number of hydrogen-bond acceptors (Lipinski definition) is 1. The molecule has 66 valence electrons. The van der Waals surface area contributed by atoms with Gasteiger partial charge in [-0.3, -0.25) is 0 Å². The Labute approximate surface area is 81.1 Å². The van der Waals surface area contributed by atoms with Gasteiger partial charge in [0.25, 0.3) is 6.43 Å². The summed E-state index contributed by atoms with van der Waals surface area (Å²) >= 11 is 1.73. The van der Waals surface area contributed by atoms with Crippen LogP contribution < -0.4 is 0 Å². The summed E-state index contributed by atoms with van der Waals surface area (Å²) in [6, 6.07) is 1.19. The Bertz CT molecular complexity index is 278. The number of halogens is 4. The third-order valence-corrected chi connectivity index (χ3v) is 2.64. The molecule has 0 fully saturated rings. The Hall–Kier alpha value is -0.330. The Balaban J connectivity index is 3.21. The van der Waals surface area contributed by atoms with Crippen LogP contribution in [-0.2, 0) is 0 Å². The van der Waals surface area contributed by atoms with Gasteiger partial charge in [-0.15, -0.1) is 0 Å². The molecule has 0 radical (unpaired) electrons. The van der Waals surface area contributed by atoms with Crippen LogP contribution in [0.2, 0.25) is 0 Å². The zero-order valence-electron chi connectivity index (χ0n) is 6.11. The topological polar surface area (TPSA) is 12.9 Å². The van der Waals surface area contributed by atoms with E-state index in [1.165, 1.54) is 6.07 Å². The average Bonchev–Trinajstić information content (AvgIpc) is 1.99. The van der Waals surface area contributed by atoms with E-state index in [9.17, 15) is 13.2 Å². The standard InChI is InChI=1S/C7H5F3IN/c1-3-2-4(6(8)9)12-7(10)5(3)11/h2,6H,1H3. The molecule has 0 unspecified atom stereocenters. The predicted molar refractivity (Wildman–Crippen MR) is 46.6 cm³/mol. The van der Waals surface area contributed by atoms with E-state index in [4.69, 9.17) is 0 Å². The molecular weight excluding hydrogens is 282 g/mol. The molecule has 0 aromatic carbocycles. The summed E-state index contributed by atoms with van der Waals surface area (Å²) in [6.45, 7) is 1.57. The largest absolute Gasteiger partial charge is 0.280 e. The van der Waals surface area contributed by atoms with Crippen molar-refractivity contribution in [3.8, 4) is 0 Å². The van der Waals surface area contributed by atoms with Gasteiger partial charge in [0.15, 0.2) is 0 Å². The van der Waals surface area contributed by atoms with Gasteiger partial charge >= 0.3 is 0 Å². The van der Waals surface area contributed by atoms with Crippen molar-refractivity contribution in [1.29, 1.82) is 0 Å². The van der Waals surface area contributed by atoms with Crippen LogP contribution in [0.1, 0.15) is 17.7 Å². The van der Waals surface area contributed by atoms with E-state index >= 15 is 0 Å². The summed E-state index contributed by atoms with van der Waals surface area (Å²) in [5.41, 5.74) is -0.0242. The second kappa shape index (κ2) is 3.59. The highest BCUT2D eigenvalue weighted by Gasteiger charge is 2.13. The minimum Gasteiger partial charge on any atom is -0.218 e. The van der Waals surface area contributed by atoms with Gasteiger partial charge in [0, 0.05) is 0 Å². The fourth-order valence-corrected chi connectivity index (χ4v) is 1.03. The van der Waals surface area contributed by atoms with E-state index in [0.29, 0.717) is 5.56 Å². The Morgan fingerprint density at radius 2 is 2.08 bits per heavy atom. The number of nitrogens with zero attached hydrogens (tertiary/aromatic N) is 1. The quantitative estimate of drug-likeness (QED) is 0.571. The van der Waals surface area contributed by atoms with Gasteiger partial charge in [-0.1, -0.05) is 0 Å². The summed E-state index contributed by atoms with van der Waals surface area (Å²) < 4.78 is 37.1. The van der Waals surface area contributed by atoms with E-state index in [-0.39, 0.29) is 3.57 Å². The van der Waals surface area contributed by atoms with E-state index in [2.05, 4.69) is 4.98 Å². The van der Waals surface area contributed by atoms with Crippen molar-refractivity contribution in [2.45, 2.75) is 13.3 Å². The van der Waals surface area contributed by atoms with Crippen molar-refractivity contribution >= 4 is 22.6 Å². The van der Waals surface area contributed by atoms with Crippen LogP contribution >= 0.6 is 22.6 Å². The molecule has 0 spiro atoms. The molecule has 0 atom stereocenters. The lowest BCUT2D eigenvalue weighted by Crippen LogP contribution is -1.98. The van der Waals surface area contributed by atoms with Crippen LogP contribution in [0, 0.1) is 16.4 Å². The Kier molecular flexibility index (Phi) is 2.92. The van der Waals surface area contributed by atoms with Gasteiger partial charge < -0.3 is 0 Å². The van der Waals surface area contributed by atoms with Crippen LogP contribution in [-0.4, -0.2) is 4.98 Å². The van der Waals surface area contributed by atoms with Gasteiger partial charge in [0.2, 0.25) is 5.95 Å². The van der Waals surface area contributed by atoms with Crippen molar-refractivity contribution < 1.29 is 13.2 Å². The van der Waals surface area contributed by atoms with Crippen LogP contribution in [0.3, 0.4) is 0 Å². The number of aromatic nitrogens is 1. The van der Waals surface area contributed by atoms with Crippen LogP contribution in [0.4, 0.5) is 13.2 Å². The highest BCUT2D eigenvalue weighted by atomic mass is 127. The van der Waals surface area contributed by atoms with Gasteiger partial charge in [-0.25, -0.2) is 13.8 Å². The number of aryl methyl sites for hydroxylation is 1. The first-order valence-corrected chi connectivity index (χ1v) is 4.21. The molecule has 1 aromatic rings. The number of pyridine rings is 1. The molecule has 0 amide bonds. The number of rotatable bonds is 1. The second-order valence-corrected chi connectivity index (χ2v) is 3.35. The molecule has 0 saturated carbocycles. The van der Waals surface area contributed by atoms with E-state index in [0.717, 1.165) is 0 Å². The van der Waals surface area contributed by atoms with Crippen molar-refractivity contribution in [2.24, 2.45) is 0 Å². The predicted octanol–water partition coefficient (Wildman–Crippen LogP) is 3.07. The molecule has 1 rings (SSSR count). The van der Waals surface area contributed by atoms with Gasteiger partial charge in [0.1, 0.15) is 5.69 Å². The lowest BCUT2D eigenvalue weighted by Gasteiger charge is -2.02. The molecule has 1 heterocycles. The normalized spacial score (nSPS) is 10.8. The Morgan fingerprint density at radius 1 is 1.50 bits per heavy atom. The smallest absolute Gasteiger partial charge is 0.218 e. The lowest BCUT2D eigenvalue weighted by atomic mass is 10.2. The first-order chi connectivity index (χ1) is 5.52. The van der Waals surface area contributed by atoms with Crippen LogP contribution in [0.5, 0.6) is 0 Å². The number of alkyl halides is 2. The molecule has 0 aliphatic heterocycles. The maximum absolute atomic E-state index is 12.7. The van der Waals surface area contributed by atoms with Gasteiger partial charge in [-0.05, 0) is 41.1 Å². The molecule has 0 aliphatic carbocycles. The third kappa shape index (κ3) is 1.88. The fourth-order valence-electron chi connectivity index (χ4n) is 0.754. The fraction of sp³-hybridized carbons (Fsp3) is 0.286. The molecule has 0 N–H and O–H groups in total. The average molecular weight is 287 g/mol. The van der Waals surface area contributed by atoms with E-state index in [1.54, 1.807) is 29.5 Å². The van der Waals surface area contributed by atoms with Crippen LogP contribution in [0.15, 0.2) is 6.07 Å². The Morgan fingerprint density at radius 3 is 2.50 bits per heavy atom. The summed E-state index contributed by atoms with van der Waals surface area (Å²) in [5.74, 6) is -0.828. The van der Waals surface area contributed by atoms with Crippen molar-refractivity contribution in [2.75, 3.05) is 0 Å². The lowest BCUT2D eigenvalue weighted by molar-refractivity contribution is 0.144. The first kappa shape index (κ1) is 9.76. The minimum absolute atomic E-state index is 0.289. The second-order valence-electron chi connectivity index (χ2n) is 2.27. The van der Waals surface area contributed by atoms with Gasteiger partial charge in [0.05, 0.1) is 3.57 Å². The van der Waals surface area contributed by atoms with Gasteiger partial charge in [-0.2, -0.15) is 4.39 Å². The summed E-state index contributed by atoms with van der Waals surface area (Å²) in [5, 5.41) is 0. The molecule has 5 heteroatoms. The zero-order valence-corrected chi connectivity index (χ0v) is 8.27. The van der Waals surface area contributed by atoms with E-state index < -0.39 is 18.1 Å². The van der Waals surface area contributed by atoms with Crippen LogP contribution in [0.25, 0.3) is 0 Å². The summed E-state index contributed by atoms with van der Waals surface area (Å²) in [6.07, 6.45) is -2.71. The molecule has 12 heavy (non-hydrogen) atoms. The molecule has 0 saturated heterocycles. The molecule has 1 nitrogen and oxygen atoms in total. The summed E-state index contributed by atoms with van der Waals surface area (Å²) in [7, 11) is 0. The maximum atomic E-state index is 12.7. The van der Waals surface area contributed by atoms with Crippen molar-refractivity contribution in [1.82, 2.24) is 4.98 Å². The zero-order chi connectivity index (χ0) is 9.30. The SMILES string of the molecule is Cc1cc(C(F)F)nc(F)c1I. The minimum atomic E-state index is -2.71. The maximum Gasteiger partial charge on any atom is 0.280 e.